The maximum absolute atomic E-state index is 14.1. The van der Waals surface area contributed by atoms with Gasteiger partial charge in [0, 0.05) is 5.56 Å². The van der Waals surface area contributed by atoms with Crippen molar-refractivity contribution < 1.29 is 9.13 Å². The second-order valence-corrected chi connectivity index (χ2v) is 3.48. The van der Waals surface area contributed by atoms with E-state index in [4.69, 9.17) is 4.74 Å². The van der Waals surface area contributed by atoms with Gasteiger partial charge >= 0.3 is 0 Å². The van der Waals surface area contributed by atoms with Crippen molar-refractivity contribution in [1.29, 1.82) is 0 Å². The molecule has 0 radical (unpaired) electrons. The van der Waals surface area contributed by atoms with E-state index >= 15 is 0 Å². The van der Waals surface area contributed by atoms with Gasteiger partial charge in [0.25, 0.3) is 0 Å². The highest BCUT2D eigenvalue weighted by atomic mass is 19.1. The van der Waals surface area contributed by atoms with E-state index in [1.54, 1.807) is 31.4 Å². The van der Waals surface area contributed by atoms with Gasteiger partial charge in [0.05, 0.1) is 19.3 Å². The third-order valence-corrected chi connectivity index (χ3v) is 2.54. The molecule has 1 aromatic carbocycles. The Morgan fingerprint density at radius 2 is 2.29 bits per heavy atom. The molecule has 0 aliphatic rings. The Balaban J connectivity index is 2.44. The zero-order chi connectivity index (χ0) is 12.3. The smallest absolute Gasteiger partial charge is 0.170 e. The minimum atomic E-state index is -0.391. The molecule has 0 saturated carbocycles. The van der Waals surface area contributed by atoms with E-state index in [0.29, 0.717) is 11.3 Å². The number of nitrogens with one attached hydrogen (secondary N) is 2. The number of hydrogen-bond donors (Lipinski definition) is 2. The summed E-state index contributed by atoms with van der Waals surface area (Å²) in [5, 5.41) is 13.2. The Morgan fingerprint density at radius 1 is 1.47 bits per heavy atom. The minimum Gasteiger partial charge on any atom is -0.494 e. The fourth-order valence-corrected chi connectivity index (χ4v) is 1.72. The molecule has 1 unspecified atom stereocenters. The maximum Gasteiger partial charge on any atom is 0.170 e. The number of methoxy groups -OCH3 is 1. The summed E-state index contributed by atoms with van der Waals surface area (Å²) in [6.45, 7) is 0. The molecular formula is C11H13FN4O. The summed E-state index contributed by atoms with van der Waals surface area (Å²) in [6.07, 6.45) is 1.56. The molecule has 90 valence electrons. The van der Waals surface area contributed by atoms with Crippen LogP contribution in [-0.4, -0.2) is 29.6 Å². The summed E-state index contributed by atoms with van der Waals surface area (Å²) in [4.78, 5) is 0. The monoisotopic (exact) mass is 236 g/mol. The van der Waals surface area contributed by atoms with Crippen LogP contribution in [0.1, 0.15) is 17.3 Å². The molecule has 0 aliphatic carbocycles. The van der Waals surface area contributed by atoms with Gasteiger partial charge in [-0.3, -0.25) is 0 Å². The van der Waals surface area contributed by atoms with Gasteiger partial charge < -0.3 is 10.1 Å². The number of hydrogen-bond acceptors (Lipinski definition) is 4. The Labute approximate surface area is 98.0 Å². The number of halogens is 1. The Hall–Kier alpha value is -1.95. The molecule has 1 heterocycles. The van der Waals surface area contributed by atoms with Crippen LogP contribution in [0.3, 0.4) is 0 Å². The third kappa shape index (κ3) is 2.12. The summed E-state index contributed by atoms with van der Waals surface area (Å²) in [5.41, 5.74) is 1.10. The average molecular weight is 236 g/mol. The predicted molar refractivity (Wildman–Crippen MR) is 60.2 cm³/mol. The molecule has 6 heteroatoms. The van der Waals surface area contributed by atoms with Crippen molar-refractivity contribution in [1.82, 2.24) is 20.7 Å². The van der Waals surface area contributed by atoms with Crippen LogP contribution >= 0.6 is 0 Å². The minimum absolute atomic E-state index is 0.214. The molecule has 5 nitrogen and oxygen atoms in total. The van der Waals surface area contributed by atoms with Crippen molar-refractivity contribution in [3.8, 4) is 5.75 Å². The molecule has 2 N–H and O–H groups in total. The lowest BCUT2D eigenvalue weighted by atomic mass is 10.0. The van der Waals surface area contributed by atoms with Crippen LogP contribution in [0.25, 0.3) is 0 Å². The first-order chi connectivity index (χ1) is 8.27. The topological polar surface area (TPSA) is 62.8 Å². The zero-order valence-corrected chi connectivity index (χ0v) is 9.57. The number of benzene rings is 1. The molecule has 1 aromatic heterocycles. The summed E-state index contributed by atoms with van der Waals surface area (Å²) in [6, 6.07) is 4.65. The molecule has 2 rings (SSSR count). The standard InChI is InChI=1S/C11H13FN4O/c1-13-11(8-6-14-16-15-8)7-4-3-5-9(17-2)10(7)12/h3-6,11,13H,1-2H3,(H,14,15,16). The van der Waals surface area contributed by atoms with Crippen LogP contribution in [0.15, 0.2) is 24.4 Å². The van der Waals surface area contributed by atoms with Crippen molar-refractivity contribution in [2.24, 2.45) is 0 Å². The zero-order valence-electron chi connectivity index (χ0n) is 9.57. The van der Waals surface area contributed by atoms with Crippen LogP contribution in [0, 0.1) is 5.82 Å². The number of aromatic nitrogens is 3. The van der Waals surface area contributed by atoms with Gasteiger partial charge in [0.2, 0.25) is 0 Å². The van der Waals surface area contributed by atoms with Gasteiger partial charge in [-0.25, -0.2) is 4.39 Å². The summed E-state index contributed by atoms with van der Waals surface area (Å²) >= 11 is 0. The van der Waals surface area contributed by atoms with Gasteiger partial charge in [-0.1, -0.05) is 12.1 Å². The van der Waals surface area contributed by atoms with Crippen LogP contribution in [0.4, 0.5) is 4.39 Å². The van der Waals surface area contributed by atoms with E-state index in [2.05, 4.69) is 20.7 Å². The lowest BCUT2D eigenvalue weighted by Crippen LogP contribution is -2.19. The number of ether oxygens (including phenoxy) is 1. The van der Waals surface area contributed by atoms with Gasteiger partial charge in [0.1, 0.15) is 5.69 Å². The van der Waals surface area contributed by atoms with E-state index in [1.165, 1.54) is 7.11 Å². The van der Waals surface area contributed by atoms with Crippen LogP contribution < -0.4 is 10.1 Å². The number of aromatic amines is 1. The Morgan fingerprint density at radius 3 is 2.88 bits per heavy atom. The lowest BCUT2D eigenvalue weighted by molar-refractivity contribution is 0.382. The SMILES string of the molecule is CNC(c1cn[nH]n1)c1cccc(OC)c1F. The first-order valence-corrected chi connectivity index (χ1v) is 5.13. The maximum atomic E-state index is 14.1. The van der Waals surface area contributed by atoms with E-state index in [9.17, 15) is 4.39 Å². The molecular weight excluding hydrogens is 223 g/mol. The van der Waals surface area contributed by atoms with Gasteiger partial charge in [-0.15, -0.1) is 0 Å². The second kappa shape index (κ2) is 4.92. The van der Waals surface area contributed by atoms with Crippen LogP contribution in [0.5, 0.6) is 5.75 Å². The molecule has 0 spiro atoms. The van der Waals surface area contributed by atoms with E-state index in [0.717, 1.165) is 0 Å². The van der Waals surface area contributed by atoms with E-state index in [1.807, 2.05) is 0 Å². The summed E-state index contributed by atoms with van der Waals surface area (Å²) in [7, 11) is 3.17. The van der Waals surface area contributed by atoms with Gasteiger partial charge in [0.15, 0.2) is 11.6 Å². The lowest BCUT2D eigenvalue weighted by Gasteiger charge is -2.15. The first kappa shape index (κ1) is 11.5. The van der Waals surface area contributed by atoms with Crippen LogP contribution in [-0.2, 0) is 0 Å². The van der Waals surface area contributed by atoms with Gasteiger partial charge in [-0.05, 0) is 13.1 Å². The molecule has 0 fully saturated rings. The Kier molecular flexibility index (Phi) is 3.34. The number of rotatable bonds is 4. The van der Waals surface area contributed by atoms with Gasteiger partial charge in [-0.2, -0.15) is 15.4 Å². The van der Waals surface area contributed by atoms with Crippen molar-refractivity contribution in [2.75, 3.05) is 14.2 Å². The summed E-state index contributed by atoms with van der Waals surface area (Å²) in [5.74, 6) is -0.177. The molecule has 0 aliphatic heterocycles. The molecule has 0 saturated heterocycles. The molecule has 1 atom stereocenters. The fourth-order valence-electron chi connectivity index (χ4n) is 1.72. The normalized spacial score (nSPS) is 12.4. The van der Waals surface area contributed by atoms with E-state index < -0.39 is 5.82 Å². The molecule has 0 bridgehead atoms. The van der Waals surface area contributed by atoms with Crippen molar-refractivity contribution in [2.45, 2.75) is 6.04 Å². The first-order valence-electron chi connectivity index (χ1n) is 5.13. The highest BCUT2D eigenvalue weighted by Crippen LogP contribution is 2.27. The number of H-pyrrole nitrogens is 1. The quantitative estimate of drug-likeness (QED) is 0.839. The predicted octanol–water partition coefficient (Wildman–Crippen LogP) is 1.26. The van der Waals surface area contributed by atoms with Crippen molar-refractivity contribution >= 4 is 0 Å². The highest BCUT2D eigenvalue weighted by Gasteiger charge is 2.20. The molecule has 2 aromatic rings. The largest absolute Gasteiger partial charge is 0.494 e. The molecule has 17 heavy (non-hydrogen) atoms. The van der Waals surface area contributed by atoms with Crippen molar-refractivity contribution in [3.05, 3.63) is 41.5 Å². The third-order valence-electron chi connectivity index (χ3n) is 2.54. The fraction of sp³-hybridized carbons (Fsp3) is 0.273. The highest BCUT2D eigenvalue weighted by molar-refractivity contribution is 5.36. The average Bonchev–Trinajstić information content (AvgIpc) is 2.86. The molecule has 0 amide bonds. The Bertz CT molecular complexity index is 486. The number of nitrogens with zero attached hydrogens (tertiary/aromatic N) is 2. The van der Waals surface area contributed by atoms with Crippen LogP contribution in [0.2, 0.25) is 0 Å². The summed E-state index contributed by atoms with van der Waals surface area (Å²) < 4.78 is 19.0. The second-order valence-electron chi connectivity index (χ2n) is 3.48. The van der Waals surface area contributed by atoms with E-state index in [-0.39, 0.29) is 11.8 Å². The van der Waals surface area contributed by atoms with Crippen molar-refractivity contribution in [3.63, 3.8) is 0 Å².